The van der Waals surface area contributed by atoms with E-state index < -0.39 is 0 Å². The Morgan fingerprint density at radius 1 is 1.47 bits per heavy atom. The number of rotatable bonds is 6. The fourth-order valence-electron chi connectivity index (χ4n) is 1.98. The van der Waals surface area contributed by atoms with E-state index in [2.05, 4.69) is 28.7 Å². The predicted molar refractivity (Wildman–Crippen MR) is 61.7 cm³/mol. The van der Waals surface area contributed by atoms with Gasteiger partial charge in [0.1, 0.15) is 0 Å². The van der Waals surface area contributed by atoms with E-state index >= 15 is 0 Å². The Hall–Kier alpha value is -0.830. The molecule has 0 spiro atoms. The summed E-state index contributed by atoms with van der Waals surface area (Å²) in [5, 5.41) is 3.58. The van der Waals surface area contributed by atoms with Crippen molar-refractivity contribution in [3.63, 3.8) is 0 Å². The van der Waals surface area contributed by atoms with Gasteiger partial charge in [0.15, 0.2) is 0 Å². The van der Waals surface area contributed by atoms with E-state index in [-0.39, 0.29) is 0 Å². The average Bonchev–Trinajstić information content (AvgIpc) is 3.00. The van der Waals surface area contributed by atoms with E-state index in [1.54, 1.807) is 0 Å². The maximum atomic E-state index is 4.24. The van der Waals surface area contributed by atoms with Crippen LogP contribution in [0.15, 0.2) is 12.5 Å². The van der Waals surface area contributed by atoms with Crippen LogP contribution in [-0.2, 0) is 6.54 Å². The van der Waals surface area contributed by atoms with E-state index in [1.165, 1.54) is 31.4 Å². The van der Waals surface area contributed by atoms with Gasteiger partial charge in [0, 0.05) is 24.8 Å². The van der Waals surface area contributed by atoms with Crippen LogP contribution >= 0.6 is 0 Å². The van der Waals surface area contributed by atoms with Crippen molar-refractivity contribution in [2.24, 2.45) is 0 Å². The largest absolute Gasteiger partial charge is 0.330 e. The van der Waals surface area contributed by atoms with Crippen LogP contribution in [0, 0.1) is 0 Å². The molecule has 1 fully saturated rings. The monoisotopic (exact) mass is 207 g/mol. The zero-order chi connectivity index (χ0) is 10.7. The van der Waals surface area contributed by atoms with E-state index in [0.717, 1.165) is 12.6 Å². The van der Waals surface area contributed by atoms with Crippen molar-refractivity contribution >= 4 is 0 Å². The molecule has 1 aromatic heterocycles. The van der Waals surface area contributed by atoms with E-state index in [9.17, 15) is 0 Å². The second kappa shape index (κ2) is 4.79. The molecule has 1 aliphatic rings. The molecule has 3 heteroatoms. The van der Waals surface area contributed by atoms with Gasteiger partial charge in [-0.2, -0.15) is 0 Å². The van der Waals surface area contributed by atoms with Crippen molar-refractivity contribution in [3.05, 3.63) is 18.2 Å². The summed E-state index contributed by atoms with van der Waals surface area (Å²) in [7, 11) is 0. The topological polar surface area (TPSA) is 29.9 Å². The zero-order valence-corrected chi connectivity index (χ0v) is 9.74. The van der Waals surface area contributed by atoms with Gasteiger partial charge in [0.05, 0.1) is 12.0 Å². The summed E-state index contributed by atoms with van der Waals surface area (Å²) in [5.41, 5.74) is 1.34. The molecule has 3 nitrogen and oxygen atoms in total. The van der Waals surface area contributed by atoms with Crippen molar-refractivity contribution in [2.45, 2.75) is 58.2 Å². The van der Waals surface area contributed by atoms with Gasteiger partial charge in [0.25, 0.3) is 0 Å². The molecule has 0 unspecified atom stereocenters. The number of nitrogens with zero attached hydrogens (tertiary/aromatic N) is 2. The zero-order valence-electron chi connectivity index (χ0n) is 9.74. The fourth-order valence-corrected chi connectivity index (χ4v) is 1.98. The van der Waals surface area contributed by atoms with Crippen molar-refractivity contribution in [2.75, 3.05) is 0 Å². The Morgan fingerprint density at radius 3 is 2.80 bits per heavy atom. The molecule has 0 bridgehead atoms. The Labute approximate surface area is 91.9 Å². The maximum Gasteiger partial charge on any atom is 0.0951 e. The quantitative estimate of drug-likeness (QED) is 0.776. The summed E-state index contributed by atoms with van der Waals surface area (Å²) in [6.45, 7) is 5.43. The third kappa shape index (κ3) is 2.59. The predicted octanol–water partition coefficient (Wildman–Crippen LogP) is 2.50. The van der Waals surface area contributed by atoms with Gasteiger partial charge < -0.3 is 9.88 Å². The molecule has 84 valence electrons. The molecule has 0 amide bonds. The lowest BCUT2D eigenvalue weighted by Gasteiger charge is -2.15. The fraction of sp³-hybridized carbons (Fsp3) is 0.750. The molecule has 1 N–H and O–H groups in total. The second-order valence-electron chi connectivity index (χ2n) is 4.42. The molecule has 15 heavy (non-hydrogen) atoms. The lowest BCUT2D eigenvalue weighted by Crippen LogP contribution is -2.27. The van der Waals surface area contributed by atoms with Crippen LogP contribution in [0.3, 0.4) is 0 Å². The SMILES string of the molecule is CCC(CC)NCc1cncn1C1CC1. The molecule has 1 saturated carbocycles. The Kier molecular flexibility index (Phi) is 3.41. The highest BCUT2D eigenvalue weighted by Gasteiger charge is 2.25. The molecular weight excluding hydrogens is 186 g/mol. The third-order valence-corrected chi connectivity index (χ3v) is 3.24. The van der Waals surface area contributed by atoms with Gasteiger partial charge >= 0.3 is 0 Å². The molecule has 0 saturated heterocycles. The first-order valence-corrected chi connectivity index (χ1v) is 6.09. The minimum atomic E-state index is 0.646. The first-order chi connectivity index (χ1) is 7.35. The van der Waals surface area contributed by atoms with Gasteiger partial charge in [-0.1, -0.05) is 13.8 Å². The minimum Gasteiger partial charge on any atom is -0.330 e. The van der Waals surface area contributed by atoms with Crippen LogP contribution in [0.1, 0.15) is 51.3 Å². The average molecular weight is 207 g/mol. The van der Waals surface area contributed by atoms with Crippen LogP contribution in [0.25, 0.3) is 0 Å². The van der Waals surface area contributed by atoms with Gasteiger partial charge in [0.2, 0.25) is 0 Å². The standard InChI is InChI=1S/C12H21N3/c1-3-10(4-2)14-8-12-7-13-9-15(12)11-5-6-11/h7,9-11,14H,3-6,8H2,1-2H3. The number of nitrogens with one attached hydrogen (secondary N) is 1. The Bertz CT molecular complexity index is 298. The van der Waals surface area contributed by atoms with Crippen molar-refractivity contribution in [1.82, 2.24) is 14.9 Å². The van der Waals surface area contributed by atoms with Gasteiger partial charge in [-0.15, -0.1) is 0 Å². The number of aromatic nitrogens is 2. The summed E-state index contributed by atoms with van der Waals surface area (Å²) < 4.78 is 2.33. The van der Waals surface area contributed by atoms with Gasteiger partial charge in [-0.25, -0.2) is 4.98 Å². The van der Waals surface area contributed by atoms with E-state index in [4.69, 9.17) is 0 Å². The molecule has 1 aliphatic carbocycles. The van der Waals surface area contributed by atoms with Gasteiger partial charge in [-0.05, 0) is 25.7 Å². The number of imidazole rings is 1. The molecule has 0 atom stereocenters. The van der Waals surface area contributed by atoms with Crippen molar-refractivity contribution < 1.29 is 0 Å². The van der Waals surface area contributed by atoms with Crippen LogP contribution in [0.2, 0.25) is 0 Å². The van der Waals surface area contributed by atoms with Crippen LogP contribution in [-0.4, -0.2) is 15.6 Å². The Balaban J connectivity index is 1.89. The van der Waals surface area contributed by atoms with Crippen LogP contribution < -0.4 is 5.32 Å². The summed E-state index contributed by atoms with van der Waals surface area (Å²) >= 11 is 0. The number of hydrogen-bond acceptors (Lipinski definition) is 2. The summed E-state index contributed by atoms with van der Waals surface area (Å²) in [6.07, 6.45) is 9.03. The summed E-state index contributed by atoms with van der Waals surface area (Å²) in [5.74, 6) is 0. The molecular formula is C12H21N3. The normalized spacial score (nSPS) is 16.2. The molecule has 2 rings (SSSR count). The maximum absolute atomic E-state index is 4.24. The third-order valence-electron chi connectivity index (χ3n) is 3.24. The van der Waals surface area contributed by atoms with Crippen LogP contribution in [0.4, 0.5) is 0 Å². The first kappa shape index (κ1) is 10.7. The molecule has 0 aliphatic heterocycles. The van der Waals surface area contributed by atoms with Crippen LogP contribution in [0.5, 0.6) is 0 Å². The highest BCUT2D eigenvalue weighted by atomic mass is 15.1. The molecule has 0 aromatic carbocycles. The second-order valence-corrected chi connectivity index (χ2v) is 4.42. The lowest BCUT2D eigenvalue weighted by atomic mass is 10.2. The molecule has 0 radical (unpaired) electrons. The summed E-state index contributed by atoms with van der Waals surface area (Å²) in [6, 6.07) is 1.39. The van der Waals surface area contributed by atoms with E-state index in [0.29, 0.717) is 6.04 Å². The van der Waals surface area contributed by atoms with E-state index in [1.807, 2.05) is 12.5 Å². The van der Waals surface area contributed by atoms with Crippen molar-refractivity contribution in [1.29, 1.82) is 0 Å². The highest BCUT2D eigenvalue weighted by Crippen LogP contribution is 2.35. The first-order valence-electron chi connectivity index (χ1n) is 6.09. The van der Waals surface area contributed by atoms with Gasteiger partial charge in [-0.3, -0.25) is 0 Å². The smallest absolute Gasteiger partial charge is 0.0951 e. The van der Waals surface area contributed by atoms with Crippen molar-refractivity contribution in [3.8, 4) is 0 Å². The lowest BCUT2D eigenvalue weighted by molar-refractivity contribution is 0.472. The summed E-state index contributed by atoms with van der Waals surface area (Å²) in [4.78, 5) is 4.24. The minimum absolute atomic E-state index is 0.646. The number of hydrogen-bond donors (Lipinski definition) is 1. The Morgan fingerprint density at radius 2 is 2.20 bits per heavy atom. The molecule has 1 aromatic rings. The molecule has 1 heterocycles. The highest BCUT2D eigenvalue weighted by molar-refractivity contribution is 5.03.